The van der Waals surface area contributed by atoms with Gasteiger partial charge in [-0.2, -0.15) is 0 Å². The summed E-state index contributed by atoms with van der Waals surface area (Å²) in [5.74, 6) is -1.06. The molecule has 1 aliphatic rings. The molecule has 236 valence electrons. The van der Waals surface area contributed by atoms with E-state index in [1.807, 2.05) is 49.4 Å². The number of benzene rings is 4. The van der Waals surface area contributed by atoms with E-state index >= 15 is 0 Å². The Kier molecular flexibility index (Phi) is 9.26. The number of ether oxygens (including phenoxy) is 1. The maximum absolute atomic E-state index is 13.7. The highest BCUT2D eigenvalue weighted by molar-refractivity contribution is 7.92. The molecule has 3 N–H and O–H groups in total. The summed E-state index contributed by atoms with van der Waals surface area (Å²) in [6, 6.07) is 21.2. The molecule has 45 heavy (non-hydrogen) atoms. The zero-order valence-electron chi connectivity index (χ0n) is 25.1. The second-order valence-electron chi connectivity index (χ2n) is 11.2. The summed E-state index contributed by atoms with van der Waals surface area (Å²) >= 11 is 0. The third kappa shape index (κ3) is 7.02. The molecule has 0 unspecified atom stereocenters. The highest BCUT2D eigenvalue weighted by Crippen LogP contribution is 2.32. The first kappa shape index (κ1) is 31.7. The molecule has 3 atom stereocenters. The highest BCUT2D eigenvalue weighted by atomic mass is 32.2. The zero-order chi connectivity index (χ0) is 32.3. The lowest BCUT2D eigenvalue weighted by molar-refractivity contribution is 0.0371. The van der Waals surface area contributed by atoms with Crippen molar-refractivity contribution in [3.8, 4) is 5.75 Å². The maximum atomic E-state index is 13.7. The topological polar surface area (TPSA) is 128 Å². The van der Waals surface area contributed by atoms with Crippen molar-refractivity contribution in [2.45, 2.75) is 30.9 Å². The SMILES string of the molecule is C[C@@H]1CN([C@@H](C)CO)C(=O)c2cc(NS(=O)(=O)c3ccc(F)cc3)ccc2O[C@H]1CN(C)C(=O)Nc1cccc2ccccc12. The van der Waals surface area contributed by atoms with Gasteiger partial charge in [-0.05, 0) is 60.8 Å². The van der Waals surface area contributed by atoms with Crippen molar-refractivity contribution in [1.82, 2.24) is 9.80 Å². The molecule has 3 amide bonds. The van der Waals surface area contributed by atoms with Gasteiger partial charge in [0, 0.05) is 30.6 Å². The van der Waals surface area contributed by atoms with Crippen LogP contribution in [-0.4, -0.2) is 74.2 Å². The zero-order valence-corrected chi connectivity index (χ0v) is 25.9. The van der Waals surface area contributed by atoms with Gasteiger partial charge in [0.1, 0.15) is 17.7 Å². The molecule has 1 aliphatic heterocycles. The summed E-state index contributed by atoms with van der Waals surface area (Å²) in [7, 11) is -2.43. The number of likely N-dealkylation sites (N-methyl/N-ethyl adjacent to an activating group) is 1. The van der Waals surface area contributed by atoms with E-state index in [0.29, 0.717) is 5.69 Å². The number of halogens is 1. The Labute approximate surface area is 261 Å². The lowest BCUT2D eigenvalue weighted by Gasteiger charge is -2.38. The van der Waals surface area contributed by atoms with Gasteiger partial charge in [-0.25, -0.2) is 17.6 Å². The average Bonchev–Trinajstić information content (AvgIpc) is 3.02. The van der Waals surface area contributed by atoms with Gasteiger partial charge in [0.2, 0.25) is 0 Å². The largest absolute Gasteiger partial charge is 0.487 e. The van der Waals surface area contributed by atoms with Crippen molar-refractivity contribution < 1.29 is 32.2 Å². The van der Waals surface area contributed by atoms with Crippen LogP contribution in [0.15, 0.2) is 89.8 Å². The van der Waals surface area contributed by atoms with Crippen LogP contribution in [0.25, 0.3) is 10.8 Å². The molecule has 10 nitrogen and oxygen atoms in total. The van der Waals surface area contributed by atoms with E-state index in [-0.39, 0.29) is 53.5 Å². The lowest BCUT2D eigenvalue weighted by atomic mass is 9.99. The van der Waals surface area contributed by atoms with E-state index in [2.05, 4.69) is 10.0 Å². The number of hydrogen-bond acceptors (Lipinski definition) is 6. The molecule has 0 fully saturated rings. The smallest absolute Gasteiger partial charge is 0.321 e. The van der Waals surface area contributed by atoms with Crippen LogP contribution in [0.3, 0.4) is 0 Å². The number of hydrogen-bond donors (Lipinski definition) is 3. The van der Waals surface area contributed by atoms with Crippen LogP contribution in [0.2, 0.25) is 0 Å². The molecule has 1 heterocycles. The summed E-state index contributed by atoms with van der Waals surface area (Å²) in [6.07, 6.45) is -0.560. The van der Waals surface area contributed by atoms with E-state index in [9.17, 15) is 27.5 Å². The molecule has 0 saturated heterocycles. The fraction of sp³-hybridized carbons (Fsp3) is 0.273. The molecule has 0 aliphatic carbocycles. The number of rotatable bonds is 8. The Morgan fingerprint density at radius 2 is 1.80 bits per heavy atom. The normalized spacial score (nSPS) is 17.4. The quantitative estimate of drug-likeness (QED) is 0.246. The summed E-state index contributed by atoms with van der Waals surface area (Å²) in [4.78, 5) is 29.9. The van der Waals surface area contributed by atoms with E-state index in [1.165, 1.54) is 28.0 Å². The Morgan fingerprint density at radius 3 is 2.53 bits per heavy atom. The van der Waals surface area contributed by atoms with Crippen LogP contribution in [-0.2, 0) is 10.0 Å². The summed E-state index contributed by atoms with van der Waals surface area (Å²) in [5, 5.41) is 14.8. The molecule has 4 aromatic rings. The Hall–Kier alpha value is -4.68. The van der Waals surface area contributed by atoms with Gasteiger partial charge in [-0.3, -0.25) is 9.52 Å². The van der Waals surface area contributed by atoms with Gasteiger partial charge >= 0.3 is 6.03 Å². The minimum absolute atomic E-state index is 0.0920. The third-order valence-electron chi connectivity index (χ3n) is 7.87. The molecule has 0 radical (unpaired) electrons. The van der Waals surface area contributed by atoms with E-state index < -0.39 is 33.9 Å². The van der Waals surface area contributed by atoms with Gasteiger partial charge in [-0.15, -0.1) is 0 Å². The first-order chi connectivity index (χ1) is 21.5. The number of aliphatic hydroxyl groups excluding tert-OH is 1. The molecule has 12 heteroatoms. The Morgan fingerprint density at radius 1 is 1.09 bits per heavy atom. The minimum atomic E-state index is -4.08. The number of nitrogens with one attached hydrogen (secondary N) is 2. The van der Waals surface area contributed by atoms with Gasteiger partial charge in [0.25, 0.3) is 15.9 Å². The maximum Gasteiger partial charge on any atom is 0.321 e. The van der Waals surface area contributed by atoms with Gasteiger partial charge in [0.05, 0.1) is 35.3 Å². The molecule has 0 spiro atoms. The van der Waals surface area contributed by atoms with E-state index in [4.69, 9.17) is 4.74 Å². The van der Waals surface area contributed by atoms with Gasteiger partial charge < -0.3 is 25.0 Å². The number of amides is 3. The molecular weight excluding hydrogens is 599 g/mol. The summed E-state index contributed by atoms with van der Waals surface area (Å²) in [5.41, 5.74) is 0.865. The highest BCUT2D eigenvalue weighted by Gasteiger charge is 2.34. The van der Waals surface area contributed by atoms with Crippen molar-refractivity contribution >= 4 is 44.1 Å². The van der Waals surface area contributed by atoms with Crippen molar-refractivity contribution in [1.29, 1.82) is 0 Å². The summed E-state index contributed by atoms with van der Waals surface area (Å²) < 4.78 is 48.1. The predicted molar refractivity (Wildman–Crippen MR) is 170 cm³/mol. The van der Waals surface area contributed by atoms with E-state index in [1.54, 1.807) is 14.0 Å². The van der Waals surface area contributed by atoms with Crippen molar-refractivity contribution in [2.24, 2.45) is 5.92 Å². The van der Waals surface area contributed by atoms with Crippen molar-refractivity contribution in [3.63, 3.8) is 0 Å². The van der Waals surface area contributed by atoms with Crippen LogP contribution in [0.1, 0.15) is 24.2 Å². The number of aliphatic hydroxyl groups is 1. The second kappa shape index (κ2) is 13.1. The fourth-order valence-electron chi connectivity index (χ4n) is 5.23. The van der Waals surface area contributed by atoms with Crippen LogP contribution < -0.4 is 14.8 Å². The standard InChI is InChI=1S/C33H35FN4O6S/c1-21-18-38(22(2)20-39)32(40)28-17-25(36-45(42,43)26-14-11-24(34)12-15-26)13-16-30(28)44-31(21)19-37(3)33(41)35-29-10-6-8-23-7-4-5-9-27(23)29/h4-17,21-22,31,36,39H,18-20H2,1-3H3,(H,35,41)/t21-,22+,31+/m1/s1. The second-order valence-corrected chi connectivity index (χ2v) is 12.9. The van der Waals surface area contributed by atoms with Crippen molar-refractivity contribution in [2.75, 3.05) is 36.8 Å². The molecule has 0 bridgehead atoms. The molecule has 4 aromatic carbocycles. The minimum Gasteiger partial charge on any atom is -0.487 e. The van der Waals surface area contributed by atoms with Crippen molar-refractivity contribution in [3.05, 3.63) is 96.3 Å². The third-order valence-corrected chi connectivity index (χ3v) is 9.27. The van der Waals surface area contributed by atoms with Gasteiger partial charge in [-0.1, -0.05) is 43.3 Å². The number of carbonyl (C=O) groups is 2. The molecule has 5 rings (SSSR count). The van der Waals surface area contributed by atoms with E-state index in [0.717, 1.165) is 35.0 Å². The number of sulfonamides is 1. The molecule has 0 aromatic heterocycles. The predicted octanol–water partition coefficient (Wildman–Crippen LogP) is 5.16. The number of carbonyl (C=O) groups excluding carboxylic acids is 2. The van der Waals surface area contributed by atoms with Crippen LogP contribution >= 0.6 is 0 Å². The number of fused-ring (bicyclic) bond motifs is 2. The van der Waals surface area contributed by atoms with Crippen LogP contribution in [0.4, 0.5) is 20.6 Å². The van der Waals surface area contributed by atoms with Gasteiger partial charge in [0.15, 0.2) is 0 Å². The lowest BCUT2D eigenvalue weighted by Crippen LogP contribution is -2.50. The number of nitrogens with zero attached hydrogens (tertiary/aromatic N) is 2. The summed E-state index contributed by atoms with van der Waals surface area (Å²) in [6.45, 7) is 3.72. The van der Waals surface area contributed by atoms with Crippen LogP contribution in [0, 0.1) is 11.7 Å². The molecular formula is C33H35FN4O6S. The number of urea groups is 1. The first-order valence-corrected chi connectivity index (χ1v) is 16.0. The Bertz CT molecular complexity index is 1810. The Balaban J connectivity index is 1.40. The first-order valence-electron chi connectivity index (χ1n) is 14.5. The monoisotopic (exact) mass is 634 g/mol. The number of anilines is 2. The average molecular weight is 635 g/mol. The fourth-order valence-corrected chi connectivity index (χ4v) is 6.28. The molecule has 0 saturated carbocycles. The van der Waals surface area contributed by atoms with Crippen LogP contribution in [0.5, 0.6) is 5.75 Å².